The number of ether oxygens (including phenoxy) is 1. The second kappa shape index (κ2) is 10.2. The molecule has 0 radical (unpaired) electrons. The van der Waals surface area contributed by atoms with E-state index in [0.717, 1.165) is 35.4 Å². The van der Waals surface area contributed by atoms with Crippen LogP contribution in [-0.4, -0.2) is 32.2 Å². The average Bonchev–Trinajstić information content (AvgIpc) is 2.92. The van der Waals surface area contributed by atoms with E-state index in [1.165, 1.54) is 12.7 Å². The average molecular weight is 387 g/mol. The van der Waals surface area contributed by atoms with Gasteiger partial charge in [-0.3, -0.25) is 14.5 Å². The van der Waals surface area contributed by atoms with Crippen molar-refractivity contribution >= 4 is 18.1 Å². The minimum atomic E-state index is -0.149. The molecule has 0 aliphatic carbocycles. The first-order chi connectivity index (χ1) is 13.4. The maximum Gasteiger partial charge on any atom is 0.292 e. The summed E-state index contributed by atoms with van der Waals surface area (Å²) in [5.74, 6) is 0.488. The van der Waals surface area contributed by atoms with Crippen LogP contribution in [0.1, 0.15) is 52.0 Å². The van der Waals surface area contributed by atoms with Crippen LogP contribution in [0.15, 0.2) is 47.2 Å². The number of carbonyl (C=O) groups is 2. The summed E-state index contributed by atoms with van der Waals surface area (Å²) < 4.78 is 3.86. The molecule has 152 valence electrons. The molecule has 0 N–H and O–H groups in total. The molecule has 2 aliphatic heterocycles. The molecule has 1 aromatic carbocycles. The Balaban J connectivity index is 0.000000640. The highest BCUT2D eigenvalue weighted by atomic mass is 17.2. The van der Waals surface area contributed by atoms with E-state index in [9.17, 15) is 4.79 Å². The first-order valence-corrected chi connectivity index (χ1v) is 9.49. The molecule has 2 aliphatic rings. The third-order valence-electron chi connectivity index (χ3n) is 4.89. The summed E-state index contributed by atoms with van der Waals surface area (Å²) >= 11 is 0. The molecule has 28 heavy (non-hydrogen) atoms. The lowest BCUT2D eigenvalue weighted by atomic mass is 10.0. The van der Waals surface area contributed by atoms with Crippen molar-refractivity contribution in [2.45, 2.75) is 52.6 Å². The van der Waals surface area contributed by atoms with E-state index >= 15 is 0 Å². The van der Waals surface area contributed by atoms with E-state index in [4.69, 9.17) is 14.6 Å². The highest BCUT2D eigenvalue weighted by Gasteiger charge is 2.32. The molecule has 0 saturated carbocycles. The van der Waals surface area contributed by atoms with Crippen LogP contribution in [0.2, 0.25) is 0 Å². The smallest absolute Gasteiger partial charge is 0.292 e. The number of rotatable bonds is 4. The lowest BCUT2D eigenvalue weighted by Gasteiger charge is -2.20. The lowest BCUT2D eigenvalue weighted by molar-refractivity contribution is -0.333. The molecule has 1 saturated heterocycles. The molecule has 1 atom stereocenters. The van der Waals surface area contributed by atoms with Gasteiger partial charge in [-0.15, -0.1) is 0 Å². The molecule has 3 rings (SSSR count). The fourth-order valence-electron chi connectivity index (χ4n) is 3.14. The maximum atomic E-state index is 12.9. The molecule has 6 nitrogen and oxygen atoms in total. The standard InChI is InChI=1S/C20H25NO3.C2H4O2/c1-13(2)16-7-9-17(10-8-16)21-15(4)14(3)19(20(21)22)12-18-6-5-11-23-24-18;1-4-2-3/h7-10,12-13,18H,5-6,11H2,1-4H3;2H,1H3/b19-12-;. The molecule has 0 bridgehead atoms. The molecule has 1 aromatic rings. The number of allylic oxidation sites excluding steroid dienone is 1. The van der Waals surface area contributed by atoms with Gasteiger partial charge in [-0.1, -0.05) is 26.0 Å². The van der Waals surface area contributed by atoms with Crippen LogP contribution in [0.25, 0.3) is 0 Å². The van der Waals surface area contributed by atoms with Gasteiger partial charge in [0.2, 0.25) is 0 Å². The summed E-state index contributed by atoms with van der Waals surface area (Å²) in [6, 6.07) is 8.23. The van der Waals surface area contributed by atoms with Crippen LogP contribution in [0, 0.1) is 0 Å². The Hall–Kier alpha value is -2.44. The molecule has 6 heteroatoms. The molecular formula is C22H29NO5. The first kappa shape index (κ1) is 21.9. The van der Waals surface area contributed by atoms with Gasteiger partial charge in [0.25, 0.3) is 12.4 Å². The van der Waals surface area contributed by atoms with Gasteiger partial charge in [0, 0.05) is 17.0 Å². The molecule has 0 spiro atoms. The van der Waals surface area contributed by atoms with Gasteiger partial charge >= 0.3 is 0 Å². The van der Waals surface area contributed by atoms with Crippen LogP contribution < -0.4 is 4.90 Å². The minimum Gasteiger partial charge on any atom is -0.471 e. The number of methoxy groups -OCH3 is 1. The summed E-state index contributed by atoms with van der Waals surface area (Å²) in [7, 11) is 1.31. The lowest BCUT2D eigenvalue weighted by Crippen LogP contribution is -2.25. The molecule has 2 heterocycles. The van der Waals surface area contributed by atoms with E-state index in [1.807, 2.05) is 32.1 Å². The Morgan fingerprint density at radius 3 is 2.36 bits per heavy atom. The van der Waals surface area contributed by atoms with Crippen LogP contribution in [0.4, 0.5) is 5.69 Å². The van der Waals surface area contributed by atoms with E-state index < -0.39 is 0 Å². The highest BCUT2D eigenvalue weighted by Crippen LogP contribution is 2.34. The van der Waals surface area contributed by atoms with Gasteiger partial charge < -0.3 is 4.74 Å². The zero-order valence-corrected chi connectivity index (χ0v) is 17.2. The predicted octanol–water partition coefficient (Wildman–Crippen LogP) is 4.28. The quantitative estimate of drug-likeness (QED) is 0.438. The second-order valence-corrected chi connectivity index (χ2v) is 7.11. The molecule has 1 unspecified atom stereocenters. The Morgan fingerprint density at radius 1 is 1.21 bits per heavy atom. The third-order valence-corrected chi connectivity index (χ3v) is 4.89. The van der Waals surface area contributed by atoms with Crippen molar-refractivity contribution in [3.8, 4) is 0 Å². The van der Waals surface area contributed by atoms with Gasteiger partial charge in [-0.25, -0.2) is 9.78 Å². The van der Waals surface area contributed by atoms with Crippen molar-refractivity contribution in [3.63, 3.8) is 0 Å². The summed E-state index contributed by atoms with van der Waals surface area (Å²) in [6.07, 6.45) is 3.59. The normalized spacial score (nSPS) is 21.1. The van der Waals surface area contributed by atoms with Gasteiger partial charge in [-0.2, -0.15) is 0 Å². The summed E-state index contributed by atoms with van der Waals surface area (Å²) in [5.41, 5.74) is 4.87. The second-order valence-electron chi connectivity index (χ2n) is 7.11. The molecular weight excluding hydrogens is 358 g/mol. The third kappa shape index (κ3) is 5.09. The summed E-state index contributed by atoms with van der Waals surface area (Å²) in [6.45, 7) is 9.31. The fourth-order valence-corrected chi connectivity index (χ4v) is 3.14. The maximum absolute atomic E-state index is 12.9. The van der Waals surface area contributed by atoms with Gasteiger partial charge in [0.05, 0.1) is 13.7 Å². The van der Waals surface area contributed by atoms with Gasteiger partial charge in [-0.05, 0) is 62.0 Å². The van der Waals surface area contributed by atoms with Gasteiger partial charge in [0.1, 0.15) is 6.10 Å². The largest absolute Gasteiger partial charge is 0.471 e. The van der Waals surface area contributed by atoms with Crippen molar-refractivity contribution in [2.75, 3.05) is 18.6 Å². The SMILES string of the molecule is CC1=C(C)N(c2ccc(C(C)C)cc2)C(=O)/C1=C\C1CCCOO1.COC=O. The Morgan fingerprint density at radius 2 is 1.86 bits per heavy atom. The van der Waals surface area contributed by atoms with E-state index in [-0.39, 0.29) is 12.0 Å². The fraction of sp³-hybridized carbons (Fsp3) is 0.455. The Bertz CT molecular complexity index is 743. The number of carbonyl (C=O) groups excluding carboxylic acids is 2. The summed E-state index contributed by atoms with van der Waals surface area (Å²) in [5, 5.41) is 0. The topological polar surface area (TPSA) is 65.1 Å². The number of anilines is 1. The van der Waals surface area contributed by atoms with Crippen molar-refractivity contribution in [2.24, 2.45) is 0 Å². The van der Waals surface area contributed by atoms with Crippen molar-refractivity contribution in [1.29, 1.82) is 0 Å². The number of nitrogens with zero attached hydrogens (tertiary/aromatic N) is 1. The summed E-state index contributed by atoms with van der Waals surface area (Å²) in [4.78, 5) is 34.0. The minimum absolute atomic E-state index is 0.0106. The highest BCUT2D eigenvalue weighted by molar-refractivity contribution is 6.14. The number of hydrogen-bond donors (Lipinski definition) is 0. The van der Waals surface area contributed by atoms with E-state index in [1.54, 1.807) is 4.90 Å². The Kier molecular flexibility index (Phi) is 7.96. The molecule has 1 fully saturated rings. The van der Waals surface area contributed by atoms with Gasteiger partial charge in [0.15, 0.2) is 0 Å². The van der Waals surface area contributed by atoms with Crippen molar-refractivity contribution < 1.29 is 24.1 Å². The van der Waals surface area contributed by atoms with E-state index in [2.05, 4.69) is 30.7 Å². The zero-order valence-electron chi connectivity index (χ0n) is 17.2. The Labute approximate surface area is 166 Å². The molecule has 1 amide bonds. The van der Waals surface area contributed by atoms with Crippen molar-refractivity contribution in [1.82, 2.24) is 0 Å². The number of hydrogen-bond acceptors (Lipinski definition) is 5. The monoisotopic (exact) mass is 387 g/mol. The predicted molar refractivity (Wildman–Crippen MR) is 108 cm³/mol. The van der Waals surface area contributed by atoms with E-state index in [0.29, 0.717) is 19.0 Å². The van der Waals surface area contributed by atoms with Crippen LogP contribution >= 0.6 is 0 Å². The van der Waals surface area contributed by atoms with Crippen LogP contribution in [0.5, 0.6) is 0 Å². The molecule has 0 aromatic heterocycles. The van der Waals surface area contributed by atoms with Crippen LogP contribution in [-0.2, 0) is 24.1 Å². The number of amides is 1. The number of benzene rings is 1. The van der Waals surface area contributed by atoms with Crippen molar-refractivity contribution in [3.05, 3.63) is 52.7 Å². The van der Waals surface area contributed by atoms with Crippen LogP contribution in [0.3, 0.4) is 0 Å². The first-order valence-electron chi connectivity index (χ1n) is 9.49. The zero-order chi connectivity index (χ0) is 20.7.